The zero-order valence-electron chi connectivity index (χ0n) is 17.2. The van der Waals surface area contributed by atoms with Crippen LogP contribution in [0.25, 0.3) is 0 Å². The molecule has 0 bridgehead atoms. The Morgan fingerprint density at radius 1 is 1.15 bits per heavy atom. The average molecular weight is 464 g/mol. The molecule has 34 heavy (non-hydrogen) atoms. The van der Waals surface area contributed by atoms with Crippen molar-refractivity contribution in [1.29, 1.82) is 5.26 Å². The summed E-state index contributed by atoms with van der Waals surface area (Å²) in [5.41, 5.74) is -2.12. The van der Waals surface area contributed by atoms with Crippen LogP contribution in [0.15, 0.2) is 48.5 Å². The van der Waals surface area contributed by atoms with Crippen molar-refractivity contribution in [1.82, 2.24) is 5.32 Å². The Bertz CT molecular complexity index is 1280. The number of amides is 2. The Labute approximate surface area is 191 Å². The molecule has 0 aromatic heterocycles. The highest BCUT2D eigenvalue weighted by Gasteiger charge is 2.69. The lowest BCUT2D eigenvalue weighted by molar-refractivity contribution is -0.384. The molecule has 0 aliphatic carbocycles. The first-order chi connectivity index (χ1) is 16.1. The van der Waals surface area contributed by atoms with Gasteiger partial charge in [-0.1, -0.05) is 18.2 Å². The summed E-state index contributed by atoms with van der Waals surface area (Å²) < 4.78 is 0. The van der Waals surface area contributed by atoms with E-state index in [4.69, 9.17) is 5.26 Å². The number of fused-ring (bicyclic) bond motifs is 1. The van der Waals surface area contributed by atoms with Crippen LogP contribution in [-0.2, 0) is 19.2 Å². The minimum absolute atomic E-state index is 0.119. The maximum absolute atomic E-state index is 13.5. The van der Waals surface area contributed by atoms with Crippen molar-refractivity contribution in [3.63, 3.8) is 0 Å². The zero-order valence-corrected chi connectivity index (χ0v) is 17.2. The number of hydrogen-bond acceptors (Lipinski definition) is 8. The fourth-order valence-corrected chi connectivity index (χ4v) is 4.73. The number of rotatable bonds is 6. The number of nitro benzene ring substituents is 1. The normalized spacial score (nSPS) is 25.6. The second kappa shape index (κ2) is 8.05. The minimum atomic E-state index is -2.31. The van der Waals surface area contributed by atoms with E-state index in [0.29, 0.717) is 16.0 Å². The molecule has 2 aliphatic rings. The highest BCUT2D eigenvalue weighted by atomic mass is 16.6. The number of carboxylic acid groups (broad SMARTS) is 2. The highest BCUT2D eigenvalue weighted by molar-refractivity contribution is 6.24. The largest absolute Gasteiger partial charge is 0.481 e. The molecule has 172 valence electrons. The summed E-state index contributed by atoms with van der Waals surface area (Å²) in [6.45, 7) is 0. The van der Waals surface area contributed by atoms with Gasteiger partial charge in [0.15, 0.2) is 0 Å². The van der Waals surface area contributed by atoms with Crippen molar-refractivity contribution < 1.29 is 34.3 Å². The van der Waals surface area contributed by atoms with Gasteiger partial charge in [-0.25, -0.2) is 4.90 Å². The number of anilines is 1. The second-order valence-electron chi connectivity index (χ2n) is 8.00. The Morgan fingerprint density at radius 3 is 2.38 bits per heavy atom. The zero-order chi connectivity index (χ0) is 24.8. The van der Waals surface area contributed by atoms with Crippen molar-refractivity contribution >= 4 is 35.1 Å². The molecule has 2 amide bonds. The maximum Gasteiger partial charge on any atom is 0.325 e. The van der Waals surface area contributed by atoms with Gasteiger partial charge in [-0.05, 0) is 23.8 Å². The fourth-order valence-electron chi connectivity index (χ4n) is 4.73. The lowest BCUT2D eigenvalue weighted by atomic mass is 9.77. The number of carbonyl (C=O) groups is 4. The molecule has 12 nitrogen and oxygen atoms in total. The van der Waals surface area contributed by atoms with Gasteiger partial charge in [-0.15, -0.1) is 0 Å². The van der Waals surface area contributed by atoms with Gasteiger partial charge >= 0.3 is 11.9 Å². The first-order valence-corrected chi connectivity index (χ1v) is 9.96. The van der Waals surface area contributed by atoms with Crippen molar-refractivity contribution in [3.8, 4) is 6.07 Å². The number of imide groups is 1. The summed E-state index contributed by atoms with van der Waals surface area (Å²) in [6.07, 6.45) is -0.988. The average Bonchev–Trinajstić information content (AvgIpc) is 3.27. The Balaban J connectivity index is 1.87. The smallest absolute Gasteiger partial charge is 0.325 e. The minimum Gasteiger partial charge on any atom is -0.481 e. The van der Waals surface area contributed by atoms with Gasteiger partial charge in [-0.3, -0.25) is 34.6 Å². The molecule has 2 saturated heterocycles. The summed E-state index contributed by atoms with van der Waals surface area (Å²) in [5.74, 6) is -7.79. The lowest BCUT2D eigenvalue weighted by Crippen LogP contribution is -2.57. The molecule has 2 aliphatic heterocycles. The van der Waals surface area contributed by atoms with Crippen molar-refractivity contribution in [3.05, 3.63) is 69.8 Å². The van der Waals surface area contributed by atoms with Crippen molar-refractivity contribution in [2.45, 2.75) is 18.0 Å². The SMILES string of the molecule is N#Cc1ccc(C2NC(CC(=O)O)(C(=O)O)C3C(=O)N(c4cccc([N+](=O)[O-])c4)C(=O)C23)cc1. The molecule has 2 heterocycles. The predicted molar refractivity (Wildman–Crippen MR) is 112 cm³/mol. The van der Waals surface area contributed by atoms with E-state index in [0.717, 1.165) is 6.07 Å². The highest BCUT2D eigenvalue weighted by Crippen LogP contribution is 2.51. The Morgan fingerprint density at radius 2 is 1.82 bits per heavy atom. The third-order valence-corrected chi connectivity index (χ3v) is 6.16. The van der Waals surface area contributed by atoms with E-state index in [1.54, 1.807) is 0 Å². The van der Waals surface area contributed by atoms with Gasteiger partial charge in [0.05, 0.1) is 40.5 Å². The Kier molecular flexibility index (Phi) is 5.34. The number of aliphatic carboxylic acids is 2. The molecule has 2 fully saturated rings. The van der Waals surface area contributed by atoms with Crippen molar-refractivity contribution in [2.75, 3.05) is 4.90 Å². The van der Waals surface area contributed by atoms with Gasteiger partial charge in [0.25, 0.3) is 5.69 Å². The molecule has 0 saturated carbocycles. The molecule has 2 aromatic carbocycles. The number of non-ortho nitro benzene ring substituents is 1. The number of hydrogen-bond donors (Lipinski definition) is 3. The third kappa shape index (κ3) is 3.35. The van der Waals surface area contributed by atoms with Gasteiger partial charge < -0.3 is 10.2 Å². The van der Waals surface area contributed by atoms with Gasteiger partial charge in [0, 0.05) is 18.2 Å². The van der Waals surface area contributed by atoms with E-state index in [1.807, 2.05) is 6.07 Å². The van der Waals surface area contributed by atoms with E-state index < -0.39 is 58.5 Å². The van der Waals surface area contributed by atoms with Gasteiger partial charge in [0.2, 0.25) is 11.8 Å². The van der Waals surface area contributed by atoms with Crippen LogP contribution in [0.1, 0.15) is 23.6 Å². The molecule has 0 spiro atoms. The molecular weight excluding hydrogens is 448 g/mol. The van der Waals surface area contributed by atoms with Crippen molar-refractivity contribution in [2.24, 2.45) is 11.8 Å². The molecule has 4 atom stereocenters. The van der Waals surface area contributed by atoms with E-state index in [9.17, 15) is 39.5 Å². The van der Waals surface area contributed by atoms with E-state index in [1.165, 1.54) is 42.5 Å². The summed E-state index contributed by atoms with van der Waals surface area (Å²) in [4.78, 5) is 62.1. The molecule has 3 N–H and O–H groups in total. The molecular formula is C22H16N4O8. The number of carbonyl (C=O) groups excluding carboxylic acids is 2. The summed E-state index contributed by atoms with van der Waals surface area (Å²) in [7, 11) is 0. The predicted octanol–water partition coefficient (Wildman–Crippen LogP) is 1.21. The number of carboxylic acids is 2. The fraction of sp³-hybridized carbons (Fsp3) is 0.227. The number of nitriles is 1. The van der Waals surface area contributed by atoms with Crippen LogP contribution < -0.4 is 10.2 Å². The van der Waals surface area contributed by atoms with E-state index >= 15 is 0 Å². The molecule has 4 rings (SSSR count). The first kappa shape index (κ1) is 22.6. The van der Waals surface area contributed by atoms with Crippen LogP contribution in [0.4, 0.5) is 11.4 Å². The quantitative estimate of drug-likeness (QED) is 0.318. The van der Waals surface area contributed by atoms with E-state index in [-0.39, 0.29) is 11.4 Å². The molecule has 2 aromatic rings. The molecule has 0 radical (unpaired) electrons. The van der Waals surface area contributed by atoms with Crippen LogP contribution in [-0.4, -0.2) is 44.4 Å². The summed E-state index contributed by atoms with van der Waals surface area (Å²) >= 11 is 0. The van der Waals surface area contributed by atoms with Gasteiger partial charge in [0.1, 0.15) is 5.54 Å². The Hall–Kier alpha value is -4.63. The van der Waals surface area contributed by atoms with Gasteiger partial charge in [-0.2, -0.15) is 5.26 Å². The third-order valence-electron chi connectivity index (χ3n) is 6.16. The lowest BCUT2D eigenvalue weighted by Gasteiger charge is -2.29. The number of nitrogens with one attached hydrogen (secondary N) is 1. The first-order valence-electron chi connectivity index (χ1n) is 9.96. The van der Waals surface area contributed by atoms with Crippen LogP contribution in [0.5, 0.6) is 0 Å². The standard InChI is InChI=1S/C22H16N4O8/c23-10-11-4-6-12(7-5-11)18-16-17(22(24-18,21(31)32)9-15(27)28)20(30)25(19(16)29)13-2-1-3-14(8-13)26(33)34/h1-8,16-18,24H,9H2,(H,27,28)(H,31,32). The van der Waals surface area contributed by atoms with E-state index in [2.05, 4.69) is 5.32 Å². The van der Waals surface area contributed by atoms with Crippen LogP contribution in [0.3, 0.4) is 0 Å². The topological polar surface area (TPSA) is 191 Å². The number of nitro groups is 1. The summed E-state index contributed by atoms with van der Waals surface area (Å²) in [6, 6.07) is 11.5. The number of benzene rings is 2. The van der Waals surface area contributed by atoms with Crippen LogP contribution in [0, 0.1) is 33.3 Å². The monoisotopic (exact) mass is 464 g/mol. The molecule has 12 heteroatoms. The summed E-state index contributed by atoms with van der Waals surface area (Å²) in [5, 5.41) is 42.4. The number of nitrogens with zero attached hydrogens (tertiary/aromatic N) is 3. The van der Waals surface area contributed by atoms with Crippen LogP contribution >= 0.6 is 0 Å². The molecule has 4 unspecified atom stereocenters. The second-order valence-corrected chi connectivity index (χ2v) is 8.00. The van der Waals surface area contributed by atoms with Crippen LogP contribution in [0.2, 0.25) is 0 Å². The maximum atomic E-state index is 13.5.